The highest BCUT2D eigenvalue weighted by Gasteiger charge is 2.33. The van der Waals surface area contributed by atoms with E-state index in [1.54, 1.807) is 7.05 Å². The number of ether oxygens (including phenoxy) is 2. The number of carbonyl (C=O) groups excluding carboxylic acids is 2. The van der Waals surface area contributed by atoms with Crippen molar-refractivity contribution in [3.05, 3.63) is 0 Å². The van der Waals surface area contributed by atoms with Gasteiger partial charge in [-0.3, -0.25) is 9.69 Å². The number of hydrogen-bond acceptors (Lipinski definition) is 4. The summed E-state index contributed by atoms with van der Waals surface area (Å²) in [5.41, 5.74) is 0. The van der Waals surface area contributed by atoms with Gasteiger partial charge in [0.05, 0.1) is 0 Å². The number of amides is 3. The van der Waals surface area contributed by atoms with Gasteiger partial charge in [0.25, 0.3) is 0 Å². The Hall–Kier alpha value is -1.14. The van der Waals surface area contributed by atoms with Crippen LogP contribution in [-0.4, -0.2) is 61.4 Å². The summed E-state index contributed by atoms with van der Waals surface area (Å²) < 4.78 is 10.7. The second-order valence-electron chi connectivity index (χ2n) is 3.81. The molecule has 3 amide bonds. The van der Waals surface area contributed by atoms with Crippen LogP contribution < -0.4 is 0 Å². The van der Waals surface area contributed by atoms with Gasteiger partial charge in [-0.25, -0.2) is 4.79 Å². The summed E-state index contributed by atoms with van der Waals surface area (Å²) in [6.45, 7) is 5.36. The normalized spacial score (nSPS) is 16.5. The molecule has 1 saturated heterocycles. The van der Waals surface area contributed by atoms with E-state index in [0.29, 0.717) is 26.2 Å². The molecule has 1 aliphatic rings. The minimum absolute atomic E-state index is 0.159. The van der Waals surface area contributed by atoms with E-state index in [2.05, 4.69) is 0 Å². The van der Waals surface area contributed by atoms with Gasteiger partial charge >= 0.3 is 6.03 Å². The monoisotopic (exact) mass is 244 g/mol. The molecule has 0 atom stereocenters. The molecule has 0 saturated carbocycles. The molecule has 0 aromatic carbocycles. The van der Waals surface area contributed by atoms with Crippen molar-refractivity contribution in [2.75, 3.05) is 33.4 Å². The first kappa shape index (κ1) is 13.9. The number of carbonyl (C=O) groups is 2. The fourth-order valence-corrected chi connectivity index (χ4v) is 1.71. The van der Waals surface area contributed by atoms with Gasteiger partial charge in [-0.15, -0.1) is 0 Å². The summed E-state index contributed by atoms with van der Waals surface area (Å²) in [4.78, 5) is 25.7. The third kappa shape index (κ3) is 3.67. The molecule has 0 aromatic heterocycles. The molecular formula is C11H20N2O4. The fourth-order valence-electron chi connectivity index (χ4n) is 1.71. The molecule has 0 bridgehead atoms. The summed E-state index contributed by atoms with van der Waals surface area (Å²) in [6, 6.07) is -0.248. The Bertz CT molecular complexity index is 277. The number of nitrogens with zero attached hydrogens (tertiary/aromatic N) is 2. The zero-order chi connectivity index (χ0) is 12.8. The summed E-state index contributed by atoms with van der Waals surface area (Å²) in [5, 5.41) is 0. The van der Waals surface area contributed by atoms with E-state index in [1.165, 1.54) is 9.80 Å². The van der Waals surface area contributed by atoms with Gasteiger partial charge in [-0.05, 0) is 13.8 Å². The van der Waals surface area contributed by atoms with Crippen LogP contribution in [0.4, 0.5) is 4.79 Å². The van der Waals surface area contributed by atoms with E-state index in [4.69, 9.17) is 9.47 Å². The molecule has 6 heteroatoms. The second kappa shape index (κ2) is 6.56. The molecular weight excluding hydrogens is 224 g/mol. The summed E-state index contributed by atoms with van der Waals surface area (Å²) >= 11 is 0. The predicted octanol–water partition coefficient (Wildman–Crippen LogP) is 0.670. The van der Waals surface area contributed by atoms with Gasteiger partial charge in [0, 0.05) is 33.2 Å². The number of likely N-dealkylation sites (N-methyl/N-ethyl adjacent to an activating group) is 1. The standard InChI is InChI=1S/C11H20N2O4/c1-4-16-10(17-5-2)6-7-13-9(14)8-12(3)11(13)15/h10H,4-8H2,1-3H3. The molecule has 0 unspecified atom stereocenters. The van der Waals surface area contributed by atoms with Crippen molar-refractivity contribution >= 4 is 11.9 Å². The smallest absolute Gasteiger partial charge is 0.326 e. The van der Waals surface area contributed by atoms with E-state index in [9.17, 15) is 9.59 Å². The first-order valence-corrected chi connectivity index (χ1v) is 5.88. The van der Waals surface area contributed by atoms with Crippen LogP contribution in [0.15, 0.2) is 0 Å². The highest BCUT2D eigenvalue weighted by atomic mass is 16.7. The lowest BCUT2D eigenvalue weighted by Crippen LogP contribution is -2.35. The molecule has 0 spiro atoms. The number of urea groups is 1. The Labute approximate surface area is 101 Å². The molecule has 0 aromatic rings. The summed E-state index contributed by atoms with van der Waals surface area (Å²) in [5.74, 6) is -0.163. The fraction of sp³-hybridized carbons (Fsp3) is 0.818. The van der Waals surface area contributed by atoms with Crippen molar-refractivity contribution in [1.29, 1.82) is 0 Å². The quantitative estimate of drug-likeness (QED) is 0.488. The van der Waals surface area contributed by atoms with Crippen LogP contribution in [0.5, 0.6) is 0 Å². The van der Waals surface area contributed by atoms with Crippen LogP contribution in [0.2, 0.25) is 0 Å². The topological polar surface area (TPSA) is 59.1 Å². The van der Waals surface area contributed by atoms with Crippen LogP contribution in [-0.2, 0) is 14.3 Å². The second-order valence-corrected chi connectivity index (χ2v) is 3.81. The first-order chi connectivity index (χ1) is 8.10. The van der Waals surface area contributed by atoms with Crippen LogP contribution in [0.1, 0.15) is 20.3 Å². The van der Waals surface area contributed by atoms with E-state index in [-0.39, 0.29) is 24.8 Å². The van der Waals surface area contributed by atoms with Gasteiger partial charge in [0.15, 0.2) is 6.29 Å². The molecule has 0 aliphatic carbocycles. The van der Waals surface area contributed by atoms with Gasteiger partial charge in [0.1, 0.15) is 6.54 Å². The first-order valence-electron chi connectivity index (χ1n) is 5.88. The van der Waals surface area contributed by atoms with Crippen molar-refractivity contribution in [3.63, 3.8) is 0 Å². The Morgan fingerprint density at radius 1 is 1.24 bits per heavy atom. The Morgan fingerprint density at radius 3 is 2.24 bits per heavy atom. The highest BCUT2D eigenvalue weighted by Crippen LogP contribution is 2.10. The molecule has 1 heterocycles. The van der Waals surface area contributed by atoms with Crippen molar-refractivity contribution in [2.24, 2.45) is 0 Å². The maximum atomic E-state index is 11.6. The zero-order valence-electron chi connectivity index (χ0n) is 10.6. The maximum Gasteiger partial charge on any atom is 0.326 e. The van der Waals surface area contributed by atoms with Gasteiger partial charge in [0.2, 0.25) is 5.91 Å². The average molecular weight is 244 g/mol. The summed E-state index contributed by atoms with van der Waals surface area (Å²) in [7, 11) is 1.61. The van der Waals surface area contributed by atoms with Crippen molar-refractivity contribution in [3.8, 4) is 0 Å². The predicted molar refractivity (Wildman–Crippen MR) is 61.4 cm³/mol. The zero-order valence-corrected chi connectivity index (χ0v) is 10.6. The Kier molecular flexibility index (Phi) is 5.37. The van der Waals surface area contributed by atoms with Crippen LogP contribution in [0.25, 0.3) is 0 Å². The average Bonchev–Trinajstić information content (AvgIpc) is 2.51. The van der Waals surface area contributed by atoms with Crippen LogP contribution in [0.3, 0.4) is 0 Å². The Balaban J connectivity index is 2.42. The van der Waals surface area contributed by atoms with Crippen LogP contribution in [0, 0.1) is 0 Å². The van der Waals surface area contributed by atoms with Gasteiger partial charge < -0.3 is 14.4 Å². The van der Waals surface area contributed by atoms with Gasteiger partial charge in [-0.2, -0.15) is 0 Å². The van der Waals surface area contributed by atoms with Crippen molar-refractivity contribution in [1.82, 2.24) is 9.80 Å². The lowest BCUT2D eigenvalue weighted by atomic mass is 10.3. The molecule has 1 rings (SSSR count). The molecule has 6 nitrogen and oxygen atoms in total. The maximum absolute atomic E-state index is 11.6. The largest absolute Gasteiger partial charge is 0.353 e. The molecule has 1 aliphatic heterocycles. The van der Waals surface area contributed by atoms with E-state index >= 15 is 0 Å². The highest BCUT2D eigenvalue weighted by molar-refractivity contribution is 6.01. The molecule has 98 valence electrons. The van der Waals surface area contributed by atoms with Gasteiger partial charge in [-0.1, -0.05) is 0 Å². The number of hydrogen-bond donors (Lipinski definition) is 0. The summed E-state index contributed by atoms with van der Waals surface area (Å²) in [6.07, 6.45) is 0.156. The third-order valence-corrected chi connectivity index (χ3v) is 2.52. The lowest BCUT2D eigenvalue weighted by molar-refractivity contribution is -0.143. The molecule has 0 N–H and O–H groups in total. The van der Waals surface area contributed by atoms with Crippen molar-refractivity contribution < 1.29 is 19.1 Å². The molecule has 17 heavy (non-hydrogen) atoms. The minimum Gasteiger partial charge on any atom is -0.353 e. The van der Waals surface area contributed by atoms with E-state index in [0.717, 1.165) is 0 Å². The molecule has 0 radical (unpaired) electrons. The Morgan fingerprint density at radius 2 is 1.82 bits per heavy atom. The number of imide groups is 1. The lowest BCUT2D eigenvalue weighted by Gasteiger charge is -2.20. The van der Waals surface area contributed by atoms with E-state index < -0.39 is 0 Å². The minimum atomic E-state index is -0.350. The SMILES string of the molecule is CCOC(CCN1C(=O)CN(C)C1=O)OCC. The van der Waals surface area contributed by atoms with Crippen LogP contribution >= 0.6 is 0 Å². The molecule has 1 fully saturated rings. The van der Waals surface area contributed by atoms with Crippen molar-refractivity contribution in [2.45, 2.75) is 26.6 Å². The van der Waals surface area contributed by atoms with E-state index in [1.807, 2.05) is 13.8 Å². The number of rotatable bonds is 7. The third-order valence-electron chi connectivity index (χ3n) is 2.52.